The molecule has 1 atom stereocenters. The highest BCUT2D eigenvalue weighted by Crippen LogP contribution is 2.35. The second-order valence-electron chi connectivity index (χ2n) is 4.81. The van der Waals surface area contributed by atoms with Crippen molar-refractivity contribution in [1.82, 2.24) is 0 Å². The first-order chi connectivity index (χ1) is 9.65. The maximum atomic E-state index is 10.7. The summed E-state index contributed by atoms with van der Waals surface area (Å²) >= 11 is 6.10. The zero-order chi connectivity index (χ0) is 14.1. The molecule has 3 rings (SSSR count). The summed E-state index contributed by atoms with van der Waals surface area (Å²) in [5.41, 5.74) is 1.84. The van der Waals surface area contributed by atoms with Crippen LogP contribution in [0.25, 0.3) is 0 Å². The first-order valence-corrected chi connectivity index (χ1v) is 6.79. The van der Waals surface area contributed by atoms with E-state index in [-0.39, 0.29) is 11.7 Å². The molecular weight excluding hydrogens is 280 g/mol. The van der Waals surface area contributed by atoms with Crippen LogP contribution in [-0.4, -0.2) is 4.92 Å². The van der Waals surface area contributed by atoms with E-state index >= 15 is 0 Å². The SMILES string of the molecule is O=[N+]([O-])c1ccc(NC2CCCc3occc32)c(Cl)c1. The highest BCUT2D eigenvalue weighted by Gasteiger charge is 2.23. The van der Waals surface area contributed by atoms with Gasteiger partial charge in [-0.3, -0.25) is 10.1 Å². The summed E-state index contributed by atoms with van der Waals surface area (Å²) in [7, 11) is 0. The molecule has 20 heavy (non-hydrogen) atoms. The predicted octanol–water partition coefficient (Wildman–Crippen LogP) is 4.33. The molecule has 0 spiro atoms. The van der Waals surface area contributed by atoms with E-state index in [0.717, 1.165) is 30.6 Å². The van der Waals surface area contributed by atoms with Crippen LogP contribution in [-0.2, 0) is 6.42 Å². The highest BCUT2D eigenvalue weighted by molar-refractivity contribution is 6.33. The van der Waals surface area contributed by atoms with Gasteiger partial charge in [0.05, 0.1) is 27.9 Å². The van der Waals surface area contributed by atoms with Crippen molar-refractivity contribution in [3.8, 4) is 0 Å². The van der Waals surface area contributed by atoms with Crippen molar-refractivity contribution < 1.29 is 9.34 Å². The Labute approximate surface area is 120 Å². The third-order valence-corrected chi connectivity index (χ3v) is 3.86. The summed E-state index contributed by atoms with van der Waals surface area (Å²) in [6.07, 6.45) is 4.68. The fourth-order valence-electron chi connectivity index (χ4n) is 2.56. The number of fused-ring (bicyclic) bond motifs is 1. The molecule has 1 aromatic carbocycles. The Kier molecular flexibility index (Phi) is 3.36. The van der Waals surface area contributed by atoms with E-state index in [1.54, 1.807) is 12.3 Å². The molecular formula is C14H13ClN2O3. The number of aryl methyl sites for hydroxylation is 1. The van der Waals surface area contributed by atoms with Gasteiger partial charge in [0.2, 0.25) is 0 Å². The molecule has 104 valence electrons. The number of nitrogens with zero attached hydrogens (tertiary/aromatic N) is 1. The number of halogens is 1. The number of anilines is 1. The minimum absolute atomic E-state index is 0.00630. The van der Waals surface area contributed by atoms with E-state index in [0.29, 0.717) is 10.7 Å². The van der Waals surface area contributed by atoms with E-state index in [9.17, 15) is 10.1 Å². The molecule has 0 aliphatic heterocycles. The van der Waals surface area contributed by atoms with E-state index < -0.39 is 4.92 Å². The van der Waals surface area contributed by atoms with Crippen LogP contribution < -0.4 is 5.32 Å². The summed E-state index contributed by atoms with van der Waals surface area (Å²) in [5.74, 6) is 1.01. The minimum Gasteiger partial charge on any atom is -0.469 e. The van der Waals surface area contributed by atoms with Gasteiger partial charge in [0.25, 0.3) is 5.69 Å². The van der Waals surface area contributed by atoms with Crippen molar-refractivity contribution in [1.29, 1.82) is 0 Å². The van der Waals surface area contributed by atoms with Gasteiger partial charge < -0.3 is 9.73 Å². The number of nitrogens with one attached hydrogen (secondary N) is 1. The fraction of sp³-hybridized carbons (Fsp3) is 0.286. The van der Waals surface area contributed by atoms with Crippen LogP contribution in [0, 0.1) is 10.1 Å². The summed E-state index contributed by atoms with van der Waals surface area (Å²) < 4.78 is 5.44. The van der Waals surface area contributed by atoms with Gasteiger partial charge in [0, 0.05) is 24.1 Å². The quantitative estimate of drug-likeness (QED) is 0.675. The number of nitro benzene ring substituents is 1. The predicted molar refractivity (Wildman–Crippen MR) is 76.1 cm³/mol. The molecule has 2 aromatic rings. The molecule has 0 amide bonds. The maximum absolute atomic E-state index is 10.7. The van der Waals surface area contributed by atoms with Gasteiger partial charge >= 0.3 is 0 Å². The molecule has 0 saturated carbocycles. The average Bonchev–Trinajstić information content (AvgIpc) is 2.90. The molecule has 6 heteroatoms. The summed E-state index contributed by atoms with van der Waals surface area (Å²) in [4.78, 5) is 10.2. The lowest BCUT2D eigenvalue weighted by Gasteiger charge is -2.24. The molecule has 1 unspecified atom stereocenters. The molecule has 1 heterocycles. The van der Waals surface area contributed by atoms with Crippen molar-refractivity contribution in [2.75, 3.05) is 5.32 Å². The molecule has 0 fully saturated rings. The number of non-ortho nitro benzene ring substituents is 1. The third-order valence-electron chi connectivity index (χ3n) is 3.55. The van der Waals surface area contributed by atoms with E-state index in [4.69, 9.17) is 16.0 Å². The van der Waals surface area contributed by atoms with E-state index in [1.807, 2.05) is 6.07 Å². The van der Waals surface area contributed by atoms with E-state index in [1.165, 1.54) is 12.1 Å². The van der Waals surface area contributed by atoms with Crippen LogP contribution >= 0.6 is 11.6 Å². The number of hydrogen-bond donors (Lipinski definition) is 1. The van der Waals surface area contributed by atoms with Gasteiger partial charge in [0.15, 0.2) is 0 Å². The summed E-state index contributed by atoms with van der Waals surface area (Å²) in [6, 6.07) is 6.56. The standard InChI is InChI=1S/C14H13ClN2O3/c15-11-8-9(17(18)19)4-5-13(11)16-12-2-1-3-14-10(12)6-7-20-14/h4-8,12,16H,1-3H2. The maximum Gasteiger partial charge on any atom is 0.271 e. The summed E-state index contributed by atoms with van der Waals surface area (Å²) in [5, 5.41) is 14.4. The molecule has 1 aliphatic carbocycles. The van der Waals surface area contributed by atoms with E-state index in [2.05, 4.69) is 5.32 Å². The lowest BCUT2D eigenvalue weighted by atomic mass is 9.93. The molecule has 1 aromatic heterocycles. The number of furan rings is 1. The van der Waals surface area contributed by atoms with Gasteiger partial charge in [0.1, 0.15) is 5.76 Å². The number of benzene rings is 1. The molecule has 1 N–H and O–H groups in total. The van der Waals surface area contributed by atoms with Crippen LogP contribution in [0.4, 0.5) is 11.4 Å². The fourth-order valence-corrected chi connectivity index (χ4v) is 2.79. The van der Waals surface area contributed by atoms with Gasteiger partial charge in [-0.25, -0.2) is 0 Å². The van der Waals surface area contributed by atoms with Crippen molar-refractivity contribution >= 4 is 23.0 Å². The number of hydrogen-bond acceptors (Lipinski definition) is 4. The van der Waals surface area contributed by atoms with Crippen LogP contribution in [0.2, 0.25) is 5.02 Å². The Morgan fingerprint density at radius 1 is 1.40 bits per heavy atom. The lowest BCUT2D eigenvalue weighted by Crippen LogP contribution is -2.16. The monoisotopic (exact) mass is 292 g/mol. The molecule has 0 saturated heterocycles. The molecule has 5 nitrogen and oxygen atoms in total. The molecule has 1 aliphatic rings. The number of rotatable bonds is 3. The Morgan fingerprint density at radius 2 is 2.25 bits per heavy atom. The normalized spacial score (nSPS) is 17.6. The smallest absolute Gasteiger partial charge is 0.271 e. The molecule has 0 radical (unpaired) electrons. The van der Waals surface area contributed by atoms with Gasteiger partial charge in [-0.2, -0.15) is 0 Å². The number of nitro groups is 1. The van der Waals surface area contributed by atoms with Crippen LogP contribution in [0.5, 0.6) is 0 Å². The topological polar surface area (TPSA) is 68.3 Å². The molecule has 0 bridgehead atoms. The van der Waals surface area contributed by atoms with Crippen molar-refractivity contribution in [2.45, 2.75) is 25.3 Å². The zero-order valence-electron chi connectivity index (χ0n) is 10.6. The van der Waals surface area contributed by atoms with Crippen molar-refractivity contribution in [2.24, 2.45) is 0 Å². The van der Waals surface area contributed by atoms with Crippen LogP contribution in [0.3, 0.4) is 0 Å². The zero-order valence-corrected chi connectivity index (χ0v) is 11.4. The Bertz CT molecular complexity index is 654. The van der Waals surface area contributed by atoms with Gasteiger partial charge in [-0.05, 0) is 25.0 Å². The Hall–Kier alpha value is -2.01. The van der Waals surface area contributed by atoms with Crippen molar-refractivity contribution in [3.63, 3.8) is 0 Å². The second-order valence-corrected chi connectivity index (χ2v) is 5.22. The van der Waals surface area contributed by atoms with Crippen molar-refractivity contribution in [3.05, 3.63) is 57.0 Å². The van der Waals surface area contributed by atoms with Crippen LogP contribution in [0.15, 0.2) is 34.9 Å². The highest BCUT2D eigenvalue weighted by atomic mass is 35.5. The average molecular weight is 293 g/mol. The van der Waals surface area contributed by atoms with Gasteiger partial charge in [-0.1, -0.05) is 11.6 Å². The van der Waals surface area contributed by atoms with Gasteiger partial charge in [-0.15, -0.1) is 0 Å². The second kappa shape index (κ2) is 5.17. The third kappa shape index (κ3) is 2.36. The Morgan fingerprint density at radius 3 is 3.00 bits per heavy atom. The first kappa shape index (κ1) is 13.0. The summed E-state index contributed by atoms with van der Waals surface area (Å²) in [6.45, 7) is 0. The Balaban J connectivity index is 1.84. The lowest BCUT2D eigenvalue weighted by molar-refractivity contribution is -0.384. The van der Waals surface area contributed by atoms with Crippen LogP contribution in [0.1, 0.15) is 30.2 Å². The minimum atomic E-state index is -0.454. The largest absolute Gasteiger partial charge is 0.469 e. The first-order valence-electron chi connectivity index (χ1n) is 6.42.